The highest BCUT2D eigenvalue weighted by atomic mass is 16.5. The summed E-state index contributed by atoms with van der Waals surface area (Å²) in [6.07, 6.45) is 3.68. The highest BCUT2D eigenvalue weighted by molar-refractivity contribution is 5.49. The molecule has 112 valence electrons. The van der Waals surface area contributed by atoms with Gasteiger partial charge in [0, 0.05) is 24.6 Å². The highest BCUT2D eigenvalue weighted by Crippen LogP contribution is 2.23. The van der Waals surface area contributed by atoms with E-state index in [-0.39, 0.29) is 6.04 Å². The first-order valence-electron chi connectivity index (χ1n) is 7.06. The van der Waals surface area contributed by atoms with E-state index in [1.807, 2.05) is 30.6 Å². The standard InChI is InChI=1S/C17H23N3O/c1-13-11-18-9-8-16(13)19-12-17(20(2)3)14-6-5-7-15(10-14)21-4/h5-11,17H,12H2,1-4H3,(H,18,19). The molecule has 1 unspecified atom stereocenters. The fourth-order valence-electron chi connectivity index (χ4n) is 2.33. The Morgan fingerprint density at radius 1 is 1.29 bits per heavy atom. The first kappa shape index (κ1) is 15.3. The molecule has 0 aliphatic heterocycles. The molecule has 1 aromatic heterocycles. The van der Waals surface area contributed by atoms with Gasteiger partial charge in [0.05, 0.1) is 13.2 Å². The van der Waals surface area contributed by atoms with E-state index >= 15 is 0 Å². The molecule has 0 saturated heterocycles. The molecule has 0 radical (unpaired) electrons. The summed E-state index contributed by atoms with van der Waals surface area (Å²) in [6.45, 7) is 2.89. The van der Waals surface area contributed by atoms with E-state index in [0.29, 0.717) is 0 Å². The number of pyridine rings is 1. The lowest BCUT2D eigenvalue weighted by atomic mass is 10.1. The number of hydrogen-bond donors (Lipinski definition) is 1. The van der Waals surface area contributed by atoms with E-state index in [1.54, 1.807) is 7.11 Å². The van der Waals surface area contributed by atoms with Crippen LogP contribution in [0.1, 0.15) is 17.2 Å². The van der Waals surface area contributed by atoms with Crippen molar-refractivity contribution in [3.8, 4) is 5.75 Å². The van der Waals surface area contributed by atoms with Gasteiger partial charge in [0.2, 0.25) is 0 Å². The molecule has 0 aliphatic rings. The number of benzene rings is 1. The summed E-state index contributed by atoms with van der Waals surface area (Å²) in [7, 11) is 5.87. The van der Waals surface area contributed by atoms with Gasteiger partial charge in [-0.25, -0.2) is 0 Å². The lowest BCUT2D eigenvalue weighted by Crippen LogP contribution is -2.27. The molecule has 4 nitrogen and oxygen atoms in total. The number of aryl methyl sites for hydroxylation is 1. The Bertz CT molecular complexity index is 584. The zero-order valence-electron chi connectivity index (χ0n) is 13.1. The van der Waals surface area contributed by atoms with Crippen LogP contribution in [0.3, 0.4) is 0 Å². The molecule has 21 heavy (non-hydrogen) atoms. The van der Waals surface area contributed by atoms with Crippen molar-refractivity contribution < 1.29 is 4.74 Å². The van der Waals surface area contributed by atoms with Crippen LogP contribution in [0.15, 0.2) is 42.7 Å². The van der Waals surface area contributed by atoms with Crippen LogP contribution >= 0.6 is 0 Å². The van der Waals surface area contributed by atoms with E-state index in [4.69, 9.17) is 4.74 Å². The Morgan fingerprint density at radius 2 is 2.10 bits per heavy atom. The van der Waals surface area contributed by atoms with Crippen LogP contribution in [-0.4, -0.2) is 37.6 Å². The molecule has 2 rings (SSSR count). The van der Waals surface area contributed by atoms with Crippen molar-refractivity contribution in [2.24, 2.45) is 0 Å². The van der Waals surface area contributed by atoms with Gasteiger partial charge in [-0.3, -0.25) is 4.98 Å². The number of ether oxygens (including phenoxy) is 1. The number of likely N-dealkylation sites (N-methyl/N-ethyl adjacent to an activating group) is 1. The lowest BCUT2D eigenvalue weighted by Gasteiger charge is -2.26. The van der Waals surface area contributed by atoms with Crippen molar-refractivity contribution >= 4 is 5.69 Å². The maximum atomic E-state index is 5.32. The number of methoxy groups -OCH3 is 1. The molecule has 0 fully saturated rings. The van der Waals surface area contributed by atoms with Crippen molar-refractivity contribution in [1.29, 1.82) is 0 Å². The summed E-state index contributed by atoms with van der Waals surface area (Å²) in [5.74, 6) is 0.888. The Labute approximate surface area is 126 Å². The molecule has 1 atom stereocenters. The first-order valence-corrected chi connectivity index (χ1v) is 7.06. The highest BCUT2D eigenvalue weighted by Gasteiger charge is 2.15. The summed E-state index contributed by atoms with van der Waals surface area (Å²) in [6, 6.07) is 10.5. The topological polar surface area (TPSA) is 37.4 Å². The second-order valence-corrected chi connectivity index (χ2v) is 5.33. The van der Waals surface area contributed by atoms with Crippen molar-refractivity contribution in [1.82, 2.24) is 9.88 Å². The quantitative estimate of drug-likeness (QED) is 0.885. The van der Waals surface area contributed by atoms with Crippen molar-refractivity contribution in [2.45, 2.75) is 13.0 Å². The van der Waals surface area contributed by atoms with Crippen LogP contribution in [0.5, 0.6) is 5.75 Å². The summed E-state index contributed by atoms with van der Waals surface area (Å²) < 4.78 is 5.32. The monoisotopic (exact) mass is 285 g/mol. The second-order valence-electron chi connectivity index (χ2n) is 5.33. The number of nitrogens with zero attached hydrogens (tertiary/aromatic N) is 2. The predicted molar refractivity (Wildman–Crippen MR) is 86.9 cm³/mol. The minimum Gasteiger partial charge on any atom is -0.497 e. The molecule has 4 heteroatoms. The van der Waals surface area contributed by atoms with Gasteiger partial charge >= 0.3 is 0 Å². The van der Waals surface area contributed by atoms with Gasteiger partial charge in [0.1, 0.15) is 5.75 Å². The Morgan fingerprint density at radius 3 is 2.76 bits per heavy atom. The average molecular weight is 285 g/mol. The van der Waals surface area contributed by atoms with Crippen molar-refractivity contribution in [3.63, 3.8) is 0 Å². The maximum absolute atomic E-state index is 5.32. The van der Waals surface area contributed by atoms with Gasteiger partial charge in [-0.05, 0) is 50.3 Å². The van der Waals surface area contributed by atoms with Gasteiger partial charge in [-0.1, -0.05) is 12.1 Å². The van der Waals surface area contributed by atoms with E-state index in [0.717, 1.165) is 23.5 Å². The molecule has 2 aromatic rings. The number of hydrogen-bond acceptors (Lipinski definition) is 4. The SMILES string of the molecule is COc1cccc(C(CNc2ccncc2C)N(C)C)c1. The molecule has 0 bridgehead atoms. The van der Waals surface area contributed by atoms with Crippen LogP contribution in [0.25, 0.3) is 0 Å². The van der Waals surface area contributed by atoms with Crippen molar-refractivity contribution in [2.75, 3.05) is 33.1 Å². The smallest absolute Gasteiger partial charge is 0.119 e. The largest absolute Gasteiger partial charge is 0.497 e. The van der Waals surface area contributed by atoms with Gasteiger partial charge in [0.15, 0.2) is 0 Å². The zero-order chi connectivity index (χ0) is 15.2. The van der Waals surface area contributed by atoms with Gasteiger partial charge in [-0.15, -0.1) is 0 Å². The Balaban J connectivity index is 2.14. The third kappa shape index (κ3) is 3.95. The van der Waals surface area contributed by atoms with E-state index in [2.05, 4.69) is 48.4 Å². The average Bonchev–Trinajstić information content (AvgIpc) is 2.49. The number of aromatic nitrogens is 1. The normalized spacial score (nSPS) is 12.2. The Kier molecular flexibility index (Phi) is 5.17. The van der Waals surface area contributed by atoms with Crippen LogP contribution in [0, 0.1) is 6.92 Å². The van der Waals surface area contributed by atoms with Crippen LogP contribution in [-0.2, 0) is 0 Å². The van der Waals surface area contributed by atoms with Gasteiger partial charge in [-0.2, -0.15) is 0 Å². The third-order valence-electron chi connectivity index (χ3n) is 3.61. The minimum absolute atomic E-state index is 0.271. The molecule has 1 heterocycles. The summed E-state index contributed by atoms with van der Waals surface area (Å²) in [5, 5.41) is 3.51. The van der Waals surface area contributed by atoms with Crippen LogP contribution < -0.4 is 10.1 Å². The van der Waals surface area contributed by atoms with Crippen LogP contribution in [0.2, 0.25) is 0 Å². The summed E-state index contributed by atoms with van der Waals surface area (Å²) >= 11 is 0. The molecular weight excluding hydrogens is 262 g/mol. The zero-order valence-corrected chi connectivity index (χ0v) is 13.1. The fourth-order valence-corrected chi connectivity index (χ4v) is 2.33. The van der Waals surface area contributed by atoms with Crippen LogP contribution in [0.4, 0.5) is 5.69 Å². The third-order valence-corrected chi connectivity index (χ3v) is 3.61. The number of rotatable bonds is 6. The maximum Gasteiger partial charge on any atom is 0.119 e. The molecule has 0 amide bonds. The molecule has 0 aliphatic carbocycles. The minimum atomic E-state index is 0.271. The first-order chi connectivity index (χ1) is 10.1. The molecule has 0 saturated carbocycles. The summed E-state index contributed by atoms with van der Waals surface area (Å²) in [5.41, 5.74) is 3.51. The van der Waals surface area contributed by atoms with Gasteiger partial charge in [0.25, 0.3) is 0 Å². The molecule has 0 spiro atoms. The molecule has 1 N–H and O–H groups in total. The second kappa shape index (κ2) is 7.09. The van der Waals surface area contributed by atoms with E-state index in [9.17, 15) is 0 Å². The predicted octanol–water partition coefficient (Wildman–Crippen LogP) is 3.11. The van der Waals surface area contributed by atoms with Crippen molar-refractivity contribution in [3.05, 3.63) is 53.9 Å². The van der Waals surface area contributed by atoms with E-state index in [1.165, 1.54) is 5.56 Å². The summed E-state index contributed by atoms with van der Waals surface area (Å²) in [4.78, 5) is 6.33. The van der Waals surface area contributed by atoms with E-state index < -0.39 is 0 Å². The number of nitrogens with one attached hydrogen (secondary N) is 1. The van der Waals surface area contributed by atoms with Gasteiger partial charge < -0.3 is 15.0 Å². The fraction of sp³-hybridized carbons (Fsp3) is 0.353. The number of anilines is 1. The molecule has 1 aromatic carbocycles. The Hall–Kier alpha value is -2.07. The lowest BCUT2D eigenvalue weighted by molar-refractivity contribution is 0.310. The molecular formula is C17H23N3O.